The van der Waals surface area contributed by atoms with Crippen LogP contribution < -0.4 is 0 Å². The molecular formula is C22H26N2O3S2. The van der Waals surface area contributed by atoms with Crippen molar-refractivity contribution < 1.29 is 13.5 Å². The van der Waals surface area contributed by atoms with E-state index in [2.05, 4.69) is 4.98 Å². The van der Waals surface area contributed by atoms with Gasteiger partial charge in [0.25, 0.3) is 10.0 Å². The highest BCUT2D eigenvalue weighted by atomic mass is 32.2. The lowest BCUT2D eigenvalue weighted by Gasteiger charge is -2.25. The van der Waals surface area contributed by atoms with Crippen molar-refractivity contribution in [2.75, 3.05) is 13.1 Å². The van der Waals surface area contributed by atoms with E-state index in [1.165, 1.54) is 11.3 Å². The van der Waals surface area contributed by atoms with Gasteiger partial charge in [0, 0.05) is 19.3 Å². The van der Waals surface area contributed by atoms with Crippen LogP contribution in [0.3, 0.4) is 0 Å². The first kappa shape index (κ1) is 21.5. The minimum atomic E-state index is -3.60. The number of pyridine rings is 1. The second-order valence-corrected chi connectivity index (χ2v) is 10.4. The van der Waals surface area contributed by atoms with E-state index < -0.39 is 10.0 Å². The van der Waals surface area contributed by atoms with E-state index in [0.717, 1.165) is 28.1 Å². The molecule has 1 atom stereocenters. The summed E-state index contributed by atoms with van der Waals surface area (Å²) >= 11 is 1.25. The number of sulfonamides is 1. The Kier molecular flexibility index (Phi) is 6.72. The van der Waals surface area contributed by atoms with Gasteiger partial charge in [-0.2, -0.15) is 4.31 Å². The van der Waals surface area contributed by atoms with E-state index >= 15 is 0 Å². The highest BCUT2D eigenvalue weighted by molar-refractivity contribution is 7.91. The van der Waals surface area contributed by atoms with Gasteiger partial charge >= 0.3 is 0 Å². The highest BCUT2D eigenvalue weighted by Gasteiger charge is 2.27. The molecule has 0 radical (unpaired) electrons. The van der Waals surface area contributed by atoms with E-state index in [1.54, 1.807) is 22.6 Å². The average molecular weight is 431 g/mol. The number of rotatable bonds is 8. The lowest BCUT2D eigenvalue weighted by Crippen LogP contribution is -2.34. The zero-order chi connectivity index (χ0) is 21.0. The van der Waals surface area contributed by atoms with E-state index in [4.69, 9.17) is 0 Å². The van der Waals surface area contributed by atoms with Crippen molar-refractivity contribution in [1.82, 2.24) is 9.29 Å². The summed E-state index contributed by atoms with van der Waals surface area (Å²) in [7, 11) is -3.60. The fourth-order valence-corrected chi connectivity index (χ4v) is 6.25. The van der Waals surface area contributed by atoms with Gasteiger partial charge in [0.05, 0.1) is 10.6 Å². The maximum Gasteiger partial charge on any atom is 0.252 e. The van der Waals surface area contributed by atoms with E-state index in [1.807, 2.05) is 57.2 Å². The number of hydrogen-bond acceptors (Lipinski definition) is 5. The van der Waals surface area contributed by atoms with Gasteiger partial charge in [-0.25, -0.2) is 8.42 Å². The normalized spacial score (nSPS) is 13.0. The molecule has 0 spiro atoms. The Balaban J connectivity index is 1.85. The van der Waals surface area contributed by atoms with E-state index in [0.29, 0.717) is 17.3 Å². The number of thiophene rings is 1. The second-order valence-electron chi connectivity index (χ2n) is 7.14. The fourth-order valence-electron chi connectivity index (χ4n) is 3.19. The molecule has 3 aromatic rings. The summed E-state index contributed by atoms with van der Waals surface area (Å²) in [5.41, 5.74) is 2.57. The Labute approximate surface area is 176 Å². The molecule has 0 aliphatic carbocycles. The van der Waals surface area contributed by atoms with Crippen LogP contribution in [0.2, 0.25) is 0 Å². The van der Waals surface area contributed by atoms with Gasteiger partial charge in [0.15, 0.2) is 0 Å². The molecule has 0 saturated heterocycles. The van der Waals surface area contributed by atoms with Crippen LogP contribution in [0, 0.1) is 6.92 Å². The van der Waals surface area contributed by atoms with Gasteiger partial charge in [-0.15, -0.1) is 11.3 Å². The number of benzene rings is 1. The van der Waals surface area contributed by atoms with Crippen molar-refractivity contribution in [3.05, 3.63) is 65.9 Å². The van der Waals surface area contributed by atoms with Gasteiger partial charge in [0.1, 0.15) is 9.96 Å². The molecule has 0 fully saturated rings. The van der Waals surface area contributed by atoms with Crippen LogP contribution in [0.25, 0.3) is 10.6 Å². The predicted octanol–water partition coefficient (Wildman–Crippen LogP) is 5.03. The maximum atomic E-state index is 13.3. The van der Waals surface area contributed by atoms with E-state index in [-0.39, 0.29) is 11.7 Å². The zero-order valence-electron chi connectivity index (χ0n) is 16.9. The fraction of sp³-hybridized carbons (Fsp3) is 0.318. The molecule has 1 N–H and O–H groups in total. The molecule has 3 rings (SSSR count). The van der Waals surface area contributed by atoms with Crippen LogP contribution in [0.15, 0.2) is 58.9 Å². The Bertz CT molecular complexity index is 1060. The lowest BCUT2D eigenvalue weighted by atomic mass is 9.99. The largest absolute Gasteiger partial charge is 0.508 e. The summed E-state index contributed by atoms with van der Waals surface area (Å²) in [6.45, 7) is 6.68. The van der Waals surface area contributed by atoms with Crippen LogP contribution >= 0.6 is 11.3 Å². The first-order valence-corrected chi connectivity index (χ1v) is 11.9. The van der Waals surface area contributed by atoms with Crippen molar-refractivity contribution in [2.24, 2.45) is 0 Å². The summed E-state index contributed by atoms with van der Waals surface area (Å²) < 4.78 is 28.6. The van der Waals surface area contributed by atoms with Crippen molar-refractivity contribution in [2.45, 2.75) is 37.3 Å². The molecule has 7 heteroatoms. The molecule has 0 amide bonds. The van der Waals surface area contributed by atoms with Crippen LogP contribution in [0.1, 0.15) is 37.3 Å². The molecule has 0 saturated carbocycles. The maximum absolute atomic E-state index is 13.3. The summed E-state index contributed by atoms with van der Waals surface area (Å²) in [5, 5.41) is 9.76. The molecule has 154 valence electrons. The van der Waals surface area contributed by atoms with Gasteiger partial charge < -0.3 is 5.11 Å². The van der Waals surface area contributed by atoms with E-state index in [9.17, 15) is 13.5 Å². The van der Waals surface area contributed by atoms with Crippen molar-refractivity contribution >= 4 is 21.4 Å². The van der Waals surface area contributed by atoms with Gasteiger partial charge in [0.2, 0.25) is 0 Å². The number of hydrogen-bond donors (Lipinski definition) is 1. The minimum absolute atomic E-state index is 0.00541. The third-order valence-electron chi connectivity index (χ3n) is 4.83. The monoisotopic (exact) mass is 430 g/mol. The summed E-state index contributed by atoms with van der Waals surface area (Å²) in [4.78, 5) is 5.15. The number of aryl methyl sites for hydroxylation is 1. The quantitative estimate of drug-likeness (QED) is 0.544. The Morgan fingerprint density at radius 3 is 2.62 bits per heavy atom. The molecule has 0 bridgehead atoms. The van der Waals surface area contributed by atoms with Crippen LogP contribution in [0.5, 0.6) is 5.75 Å². The topological polar surface area (TPSA) is 70.5 Å². The predicted molar refractivity (Wildman–Crippen MR) is 118 cm³/mol. The molecule has 1 aromatic carbocycles. The molecule has 5 nitrogen and oxygen atoms in total. The lowest BCUT2D eigenvalue weighted by molar-refractivity contribution is 0.391. The van der Waals surface area contributed by atoms with Crippen molar-refractivity contribution in [1.29, 1.82) is 0 Å². The third kappa shape index (κ3) is 4.86. The second kappa shape index (κ2) is 9.07. The van der Waals surface area contributed by atoms with Gasteiger partial charge in [-0.3, -0.25) is 4.98 Å². The number of aromatic nitrogens is 1. The third-order valence-corrected chi connectivity index (χ3v) is 8.27. The standard InChI is InChI=1S/C22H26N2O3S2/c1-4-13-24(15-17(3)18-8-9-20(25)16(2)14-18)29(26,27)22-11-10-21(28-22)19-7-5-6-12-23-19/h5-12,14,17,25H,4,13,15H2,1-3H3. The Hall–Kier alpha value is -2.22. The minimum Gasteiger partial charge on any atom is -0.508 e. The average Bonchev–Trinajstić information content (AvgIpc) is 3.21. The summed E-state index contributed by atoms with van der Waals surface area (Å²) in [6.07, 6.45) is 2.44. The molecule has 0 aliphatic heterocycles. The van der Waals surface area contributed by atoms with Crippen LogP contribution in [0.4, 0.5) is 0 Å². The molecular weight excluding hydrogens is 404 g/mol. The summed E-state index contributed by atoms with van der Waals surface area (Å²) in [5.74, 6) is 0.255. The molecule has 2 aromatic heterocycles. The molecule has 0 aliphatic rings. The van der Waals surface area contributed by atoms with Gasteiger partial charge in [-0.05, 0) is 60.7 Å². The first-order valence-electron chi connectivity index (χ1n) is 9.63. The first-order chi connectivity index (χ1) is 13.8. The van der Waals surface area contributed by atoms with Crippen LogP contribution in [-0.4, -0.2) is 35.9 Å². The number of aromatic hydroxyl groups is 1. The smallest absolute Gasteiger partial charge is 0.252 e. The van der Waals surface area contributed by atoms with Crippen molar-refractivity contribution in [3.8, 4) is 16.3 Å². The summed E-state index contributed by atoms with van der Waals surface area (Å²) in [6, 6.07) is 14.5. The molecule has 2 heterocycles. The SMILES string of the molecule is CCCN(CC(C)c1ccc(O)c(C)c1)S(=O)(=O)c1ccc(-c2ccccn2)s1. The molecule has 1 unspecified atom stereocenters. The Morgan fingerprint density at radius 1 is 1.17 bits per heavy atom. The van der Waals surface area contributed by atoms with Gasteiger partial charge in [-0.1, -0.05) is 32.0 Å². The number of phenolic OH excluding ortho intramolecular Hbond substituents is 1. The molecule has 29 heavy (non-hydrogen) atoms. The Morgan fingerprint density at radius 2 is 1.97 bits per heavy atom. The highest BCUT2D eigenvalue weighted by Crippen LogP contribution is 2.32. The number of phenols is 1. The van der Waals surface area contributed by atoms with Crippen LogP contribution in [-0.2, 0) is 10.0 Å². The van der Waals surface area contributed by atoms with Crippen molar-refractivity contribution in [3.63, 3.8) is 0 Å². The zero-order valence-corrected chi connectivity index (χ0v) is 18.5. The number of nitrogens with zero attached hydrogens (tertiary/aromatic N) is 2.